The van der Waals surface area contributed by atoms with E-state index in [4.69, 9.17) is 0 Å². The van der Waals surface area contributed by atoms with Gasteiger partial charge in [-0.2, -0.15) is 52.7 Å². The van der Waals surface area contributed by atoms with Gasteiger partial charge in [0, 0.05) is 18.3 Å². The van der Waals surface area contributed by atoms with Crippen LogP contribution < -0.4 is 0 Å². The molecular formula is C18H8F12I2. The van der Waals surface area contributed by atoms with Gasteiger partial charge in [0.05, 0.1) is 0 Å². The average molecular weight is 706 g/mol. The maximum atomic E-state index is 14.3. The first-order chi connectivity index (χ1) is 14.3. The molecule has 0 aliphatic heterocycles. The molecule has 0 aliphatic carbocycles. The predicted molar refractivity (Wildman–Crippen MR) is 106 cm³/mol. The van der Waals surface area contributed by atoms with Gasteiger partial charge in [0.1, 0.15) is 0 Å². The van der Waals surface area contributed by atoms with Crippen molar-refractivity contribution in [3.8, 4) is 0 Å². The number of rotatable bonds is 7. The topological polar surface area (TPSA) is 0 Å². The van der Waals surface area contributed by atoms with Gasteiger partial charge in [-0.25, -0.2) is 0 Å². The van der Waals surface area contributed by atoms with Crippen molar-refractivity contribution in [1.29, 1.82) is 0 Å². The number of benzene rings is 2. The molecule has 0 aromatic heterocycles. The Morgan fingerprint density at radius 3 is 0.906 bits per heavy atom. The molecule has 2 aromatic carbocycles. The lowest BCUT2D eigenvalue weighted by atomic mass is 9.87. The van der Waals surface area contributed by atoms with Gasteiger partial charge in [-0.3, -0.25) is 0 Å². The Hall–Kier alpha value is -0.940. The highest BCUT2D eigenvalue weighted by Crippen LogP contribution is 2.63. The van der Waals surface area contributed by atoms with E-state index in [1.165, 1.54) is 0 Å². The maximum Gasteiger partial charge on any atom is 0.385 e. The molecule has 0 heterocycles. The van der Waals surface area contributed by atoms with Crippen LogP contribution in [0.2, 0.25) is 0 Å². The molecule has 0 amide bonds. The molecule has 0 saturated carbocycles. The fourth-order valence-corrected chi connectivity index (χ4v) is 4.01. The molecule has 2 aromatic rings. The second kappa shape index (κ2) is 8.37. The Balaban J connectivity index is 2.67. The zero-order chi connectivity index (χ0) is 25.0. The number of hydrogen-bond donors (Lipinski definition) is 0. The standard InChI is InChI=1S/C18H8F12I2/c19-13(20,9-5-1-3-7-11(9)31)15(23,24)17(27,28)18(29,30)16(25,26)14(21,22)10-6-2-4-8-12(10)32/h1-8H. The zero-order valence-corrected chi connectivity index (χ0v) is 19.2. The highest BCUT2D eigenvalue weighted by atomic mass is 127. The molecule has 32 heavy (non-hydrogen) atoms. The summed E-state index contributed by atoms with van der Waals surface area (Å²) in [6, 6.07) is 5.22. The largest absolute Gasteiger partial charge is 0.385 e. The van der Waals surface area contributed by atoms with E-state index >= 15 is 0 Å². The van der Waals surface area contributed by atoms with Crippen molar-refractivity contribution in [2.24, 2.45) is 0 Å². The lowest BCUT2D eigenvalue weighted by Crippen LogP contribution is -2.69. The molecule has 0 saturated heterocycles. The zero-order valence-electron chi connectivity index (χ0n) is 14.9. The summed E-state index contributed by atoms with van der Waals surface area (Å²) in [5.41, 5.74) is -3.76. The van der Waals surface area contributed by atoms with E-state index in [0.717, 1.165) is 69.4 Å². The lowest BCUT2D eigenvalue weighted by Gasteiger charge is -2.41. The van der Waals surface area contributed by atoms with Gasteiger partial charge < -0.3 is 0 Å². The smallest absolute Gasteiger partial charge is 0.194 e. The molecule has 0 aliphatic rings. The summed E-state index contributed by atoms with van der Waals surface area (Å²) in [6.45, 7) is 0. The van der Waals surface area contributed by atoms with Crippen molar-refractivity contribution >= 4 is 45.2 Å². The van der Waals surface area contributed by atoms with E-state index in [2.05, 4.69) is 0 Å². The summed E-state index contributed by atoms with van der Waals surface area (Å²) in [4.78, 5) is 0. The van der Waals surface area contributed by atoms with Crippen LogP contribution in [0.1, 0.15) is 11.1 Å². The second-order valence-corrected chi connectivity index (χ2v) is 8.73. The van der Waals surface area contributed by atoms with Crippen LogP contribution in [0.3, 0.4) is 0 Å². The van der Waals surface area contributed by atoms with Crippen LogP contribution >= 0.6 is 45.2 Å². The second-order valence-electron chi connectivity index (χ2n) is 6.41. The Labute approximate surface area is 199 Å². The monoisotopic (exact) mass is 706 g/mol. The van der Waals surface area contributed by atoms with Crippen LogP contribution in [0.5, 0.6) is 0 Å². The van der Waals surface area contributed by atoms with E-state index in [1.54, 1.807) is 0 Å². The van der Waals surface area contributed by atoms with Crippen LogP contribution in [0.15, 0.2) is 48.5 Å². The molecule has 0 radical (unpaired) electrons. The molecular weight excluding hydrogens is 698 g/mol. The van der Waals surface area contributed by atoms with Crippen molar-refractivity contribution < 1.29 is 52.7 Å². The fraction of sp³-hybridized carbons (Fsp3) is 0.333. The lowest BCUT2D eigenvalue weighted by molar-refractivity contribution is -0.429. The van der Waals surface area contributed by atoms with Crippen LogP contribution in [-0.4, -0.2) is 23.7 Å². The van der Waals surface area contributed by atoms with Gasteiger partial charge in [-0.05, 0) is 57.3 Å². The first-order valence-electron chi connectivity index (χ1n) is 8.05. The van der Waals surface area contributed by atoms with Crippen molar-refractivity contribution in [3.63, 3.8) is 0 Å². The van der Waals surface area contributed by atoms with Crippen LogP contribution in [0.25, 0.3) is 0 Å². The van der Waals surface area contributed by atoms with Gasteiger partial charge in [-0.15, -0.1) is 0 Å². The molecule has 178 valence electrons. The molecule has 0 unspecified atom stereocenters. The molecule has 0 spiro atoms. The number of halogens is 14. The van der Waals surface area contributed by atoms with Gasteiger partial charge >= 0.3 is 35.5 Å². The maximum absolute atomic E-state index is 14.3. The molecule has 0 bridgehead atoms. The Bertz CT molecular complexity index is 908. The van der Waals surface area contributed by atoms with Crippen molar-refractivity contribution in [3.05, 3.63) is 66.8 Å². The third kappa shape index (κ3) is 3.76. The van der Waals surface area contributed by atoms with E-state index in [-0.39, 0.29) is 12.1 Å². The van der Waals surface area contributed by atoms with Crippen molar-refractivity contribution in [2.45, 2.75) is 35.5 Å². The van der Waals surface area contributed by atoms with Crippen LogP contribution in [0, 0.1) is 7.14 Å². The minimum atomic E-state index is -7.62. The first kappa shape index (κ1) is 27.3. The number of hydrogen-bond acceptors (Lipinski definition) is 0. The Morgan fingerprint density at radius 1 is 0.406 bits per heavy atom. The molecule has 0 N–H and O–H groups in total. The van der Waals surface area contributed by atoms with Gasteiger partial charge in [-0.1, -0.05) is 36.4 Å². The first-order valence-corrected chi connectivity index (χ1v) is 10.2. The summed E-state index contributed by atoms with van der Waals surface area (Å²) in [5, 5.41) is 0. The minimum absolute atomic E-state index is 0.184. The van der Waals surface area contributed by atoms with E-state index in [9.17, 15) is 52.7 Å². The van der Waals surface area contributed by atoms with E-state index in [1.807, 2.05) is 0 Å². The third-order valence-electron chi connectivity index (χ3n) is 4.40. The molecule has 2 rings (SSSR count). The summed E-state index contributed by atoms with van der Waals surface area (Å²) < 4.78 is 169. The predicted octanol–water partition coefficient (Wildman–Crippen LogP) is 8.32. The SMILES string of the molecule is FC(F)(c1ccccc1I)C(F)(F)C(F)(F)C(F)(F)C(F)(F)C(F)(F)c1ccccc1I. The normalized spacial score (nSPS) is 14.6. The highest BCUT2D eigenvalue weighted by Gasteiger charge is 2.90. The number of alkyl halides is 12. The quantitative estimate of drug-likeness (QED) is 0.201. The average Bonchev–Trinajstić information content (AvgIpc) is 2.67. The summed E-state index contributed by atoms with van der Waals surface area (Å²) in [7, 11) is 0. The summed E-state index contributed by atoms with van der Waals surface area (Å²) in [6.07, 6.45) is 0. The van der Waals surface area contributed by atoms with E-state index < -0.39 is 53.8 Å². The molecule has 14 heteroatoms. The fourth-order valence-electron chi connectivity index (χ4n) is 2.56. The van der Waals surface area contributed by atoms with Gasteiger partial charge in [0.2, 0.25) is 0 Å². The van der Waals surface area contributed by atoms with E-state index in [0.29, 0.717) is 12.1 Å². The van der Waals surface area contributed by atoms with Crippen LogP contribution in [-0.2, 0) is 11.8 Å². The Kier molecular flexibility index (Phi) is 7.15. The highest BCUT2D eigenvalue weighted by molar-refractivity contribution is 14.1. The van der Waals surface area contributed by atoms with Gasteiger partial charge in [0.15, 0.2) is 0 Å². The van der Waals surface area contributed by atoms with Gasteiger partial charge in [0.25, 0.3) is 0 Å². The molecule has 0 fully saturated rings. The molecule has 0 atom stereocenters. The Morgan fingerprint density at radius 2 is 0.656 bits per heavy atom. The summed E-state index contributed by atoms with van der Waals surface area (Å²) in [5.74, 6) is -41.9. The van der Waals surface area contributed by atoms with Crippen molar-refractivity contribution in [1.82, 2.24) is 0 Å². The van der Waals surface area contributed by atoms with Crippen LogP contribution in [0.4, 0.5) is 52.7 Å². The minimum Gasteiger partial charge on any atom is -0.194 e. The third-order valence-corrected chi connectivity index (χ3v) is 6.28. The summed E-state index contributed by atoms with van der Waals surface area (Å²) >= 11 is 2.00. The molecule has 0 nitrogen and oxygen atoms in total. The van der Waals surface area contributed by atoms with Crippen molar-refractivity contribution in [2.75, 3.05) is 0 Å².